The molecule has 1 rings (SSSR count). The van der Waals surface area contributed by atoms with E-state index in [-0.39, 0.29) is 5.92 Å². The molecule has 1 heterocycles. The Morgan fingerprint density at radius 2 is 2.38 bits per heavy atom. The second kappa shape index (κ2) is 4.73. The van der Waals surface area contributed by atoms with Gasteiger partial charge in [0.2, 0.25) is 0 Å². The summed E-state index contributed by atoms with van der Waals surface area (Å²) in [5.41, 5.74) is 1.91. The van der Waals surface area contributed by atoms with Crippen LogP contribution in [0.15, 0.2) is 16.7 Å². The van der Waals surface area contributed by atoms with Gasteiger partial charge >= 0.3 is 0 Å². The second-order valence-electron chi connectivity index (χ2n) is 2.66. The van der Waals surface area contributed by atoms with Gasteiger partial charge in [0.25, 0.3) is 0 Å². The molecule has 1 aromatic heterocycles. The van der Waals surface area contributed by atoms with E-state index < -0.39 is 0 Å². The second-order valence-corrected chi connectivity index (χ2v) is 4.10. The van der Waals surface area contributed by atoms with Crippen LogP contribution in [0.5, 0.6) is 0 Å². The summed E-state index contributed by atoms with van der Waals surface area (Å²) < 4.78 is 0.931. The zero-order valence-corrected chi connectivity index (χ0v) is 10.3. The lowest BCUT2D eigenvalue weighted by molar-refractivity contribution is 0.923. The largest absolute Gasteiger partial charge is 0.259 e. The van der Waals surface area contributed by atoms with Crippen LogP contribution in [0.2, 0.25) is 0 Å². The van der Waals surface area contributed by atoms with Gasteiger partial charge in [0.15, 0.2) is 0 Å². The molecule has 0 bridgehead atoms. The number of hydrogen-bond acceptors (Lipinski definition) is 2. The lowest BCUT2D eigenvalue weighted by Gasteiger charge is -2.08. The number of aromatic nitrogens is 1. The molecule has 0 aliphatic heterocycles. The lowest BCUT2D eigenvalue weighted by atomic mass is 10.1. The summed E-state index contributed by atoms with van der Waals surface area (Å²) in [4.78, 5) is 4.18. The third-order valence-corrected chi connectivity index (χ3v) is 3.43. The van der Waals surface area contributed by atoms with E-state index in [0.717, 1.165) is 15.7 Å². The minimum atomic E-state index is -0.186. The van der Waals surface area contributed by atoms with Crippen molar-refractivity contribution in [3.8, 4) is 6.07 Å². The van der Waals surface area contributed by atoms with Crippen LogP contribution in [-0.2, 0) is 0 Å². The molecule has 68 valence electrons. The smallest absolute Gasteiger partial charge is 0.0992 e. The van der Waals surface area contributed by atoms with Gasteiger partial charge in [-0.1, -0.05) is 15.9 Å². The van der Waals surface area contributed by atoms with Crippen molar-refractivity contribution in [2.45, 2.75) is 12.8 Å². The predicted octanol–water partition coefficient (Wildman–Crippen LogP) is 3.15. The normalized spacial score (nSPS) is 12.2. The van der Waals surface area contributed by atoms with Gasteiger partial charge in [0, 0.05) is 16.0 Å². The van der Waals surface area contributed by atoms with Gasteiger partial charge in [-0.25, -0.2) is 0 Å². The number of hydrogen-bond donors (Lipinski definition) is 0. The van der Waals surface area contributed by atoms with Crippen molar-refractivity contribution in [1.82, 2.24) is 4.98 Å². The number of nitriles is 1. The van der Waals surface area contributed by atoms with Crippen LogP contribution in [0.25, 0.3) is 0 Å². The molecular formula is C9H8Br2N2. The first-order valence-electron chi connectivity index (χ1n) is 3.77. The van der Waals surface area contributed by atoms with E-state index in [0.29, 0.717) is 5.33 Å². The monoisotopic (exact) mass is 302 g/mol. The minimum Gasteiger partial charge on any atom is -0.259 e. The van der Waals surface area contributed by atoms with Gasteiger partial charge in [0.05, 0.1) is 17.7 Å². The first kappa shape index (κ1) is 10.7. The fourth-order valence-electron chi connectivity index (χ4n) is 0.973. The summed E-state index contributed by atoms with van der Waals surface area (Å²) in [6, 6.07) is 4.11. The van der Waals surface area contributed by atoms with Crippen molar-refractivity contribution in [2.75, 3.05) is 5.33 Å². The molecule has 4 heteroatoms. The highest BCUT2D eigenvalue weighted by molar-refractivity contribution is 9.10. The maximum Gasteiger partial charge on any atom is 0.0992 e. The molecule has 13 heavy (non-hydrogen) atoms. The summed E-state index contributed by atoms with van der Waals surface area (Å²) in [6.45, 7) is 1.98. The van der Waals surface area contributed by atoms with E-state index in [1.165, 1.54) is 0 Å². The third-order valence-electron chi connectivity index (χ3n) is 1.75. The number of nitrogens with zero attached hydrogens (tertiary/aromatic N) is 2. The Balaban J connectivity index is 3.15. The molecular weight excluding hydrogens is 296 g/mol. The molecule has 0 aliphatic rings. The van der Waals surface area contributed by atoms with E-state index >= 15 is 0 Å². The molecule has 0 aromatic carbocycles. The molecule has 0 N–H and O–H groups in total. The van der Waals surface area contributed by atoms with Crippen LogP contribution in [0, 0.1) is 18.3 Å². The quantitative estimate of drug-likeness (QED) is 0.787. The fourth-order valence-corrected chi connectivity index (χ4v) is 1.94. The molecule has 0 fully saturated rings. The molecule has 0 saturated heterocycles. The van der Waals surface area contributed by atoms with Crippen LogP contribution in [0.3, 0.4) is 0 Å². The van der Waals surface area contributed by atoms with Crippen molar-refractivity contribution < 1.29 is 0 Å². The summed E-state index contributed by atoms with van der Waals surface area (Å²) in [7, 11) is 0. The van der Waals surface area contributed by atoms with E-state index in [1.807, 2.05) is 13.0 Å². The standard InChI is InChI=1S/C9H8Br2N2/c1-6-2-3-13-9(8(6)11)7(4-10)5-12/h2-3,7H,4H2,1H3. The summed E-state index contributed by atoms with van der Waals surface area (Å²) >= 11 is 6.72. The topological polar surface area (TPSA) is 36.7 Å². The first-order valence-corrected chi connectivity index (χ1v) is 5.68. The Bertz CT molecular complexity index is 344. The van der Waals surface area contributed by atoms with E-state index in [1.54, 1.807) is 6.20 Å². The number of rotatable bonds is 2. The fraction of sp³-hybridized carbons (Fsp3) is 0.333. The average Bonchev–Trinajstić information content (AvgIpc) is 2.14. The van der Waals surface area contributed by atoms with Crippen molar-refractivity contribution in [3.05, 3.63) is 28.0 Å². The van der Waals surface area contributed by atoms with E-state index in [4.69, 9.17) is 5.26 Å². The molecule has 1 atom stereocenters. The lowest BCUT2D eigenvalue weighted by Crippen LogP contribution is -2.02. The van der Waals surface area contributed by atoms with Gasteiger partial charge in [-0.05, 0) is 34.5 Å². The van der Waals surface area contributed by atoms with Gasteiger partial charge < -0.3 is 0 Å². The maximum absolute atomic E-state index is 8.85. The molecule has 0 spiro atoms. The molecule has 0 radical (unpaired) electrons. The maximum atomic E-state index is 8.85. The molecule has 1 aromatic rings. The predicted molar refractivity (Wildman–Crippen MR) is 58.8 cm³/mol. The van der Waals surface area contributed by atoms with Crippen LogP contribution in [0.1, 0.15) is 17.2 Å². The minimum absolute atomic E-state index is 0.186. The Labute approximate surface area is 94.2 Å². The number of halogens is 2. The number of aryl methyl sites for hydroxylation is 1. The van der Waals surface area contributed by atoms with Crippen molar-refractivity contribution in [1.29, 1.82) is 5.26 Å². The Morgan fingerprint density at radius 1 is 1.69 bits per heavy atom. The highest BCUT2D eigenvalue weighted by atomic mass is 79.9. The van der Waals surface area contributed by atoms with Crippen LogP contribution in [-0.4, -0.2) is 10.3 Å². The van der Waals surface area contributed by atoms with Crippen LogP contribution >= 0.6 is 31.9 Å². The van der Waals surface area contributed by atoms with Gasteiger partial charge in [-0.3, -0.25) is 4.98 Å². The van der Waals surface area contributed by atoms with Crippen LogP contribution in [0.4, 0.5) is 0 Å². The summed E-state index contributed by atoms with van der Waals surface area (Å²) in [5, 5.41) is 9.46. The third kappa shape index (κ3) is 2.29. The zero-order chi connectivity index (χ0) is 9.84. The van der Waals surface area contributed by atoms with Crippen molar-refractivity contribution in [3.63, 3.8) is 0 Å². The van der Waals surface area contributed by atoms with Crippen molar-refractivity contribution in [2.24, 2.45) is 0 Å². The first-order chi connectivity index (χ1) is 6.20. The van der Waals surface area contributed by atoms with Crippen LogP contribution < -0.4 is 0 Å². The summed E-state index contributed by atoms with van der Waals surface area (Å²) in [6.07, 6.45) is 1.72. The van der Waals surface area contributed by atoms with E-state index in [9.17, 15) is 0 Å². The zero-order valence-electron chi connectivity index (χ0n) is 7.09. The molecule has 0 aliphatic carbocycles. The van der Waals surface area contributed by atoms with E-state index in [2.05, 4.69) is 42.9 Å². The highest BCUT2D eigenvalue weighted by Gasteiger charge is 2.14. The summed E-state index contributed by atoms with van der Waals surface area (Å²) in [5.74, 6) is -0.186. The van der Waals surface area contributed by atoms with Crippen molar-refractivity contribution >= 4 is 31.9 Å². The Kier molecular flexibility index (Phi) is 3.89. The average molecular weight is 304 g/mol. The number of alkyl halides is 1. The highest BCUT2D eigenvalue weighted by Crippen LogP contribution is 2.26. The van der Waals surface area contributed by atoms with Gasteiger partial charge in [-0.15, -0.1) is 0 Å². The molecule has 0 saturated carbocycles. The Morgan fingerprint density at radius 3 is 2.92 bits per heavy atom. The Hall–Kier alpha value is -0.400. The SMILES string of the molecule is Cc1ccnc(C(C#N)CBr)c1Br. The molecule has 0 amide bonds. The number of pyridine rings is 1. The molecule has 1 unspecified atom stereocenters. The molecule has 2 nitrogen and oxygen atoms in total. The van der Waals surface area contributed by atoms with Gasteiger partial charge in [0.1, 0.15) is 0 Å². The van der Waals surface area contributed by atoms with Gasteiger partial charge in [-0.2, -0.15) is 5.26 Å².